The molecular weight excluding hydrogens is 254 g/mol. The van der Waals surface area contributed by atoms with Crippen LogP contribution in [0.15, 0.2) is 28.4 Å². The van der Waals surface area contributed by atoms with Gasteiger partial charge in [0.2, 0.25) is 5.91 Å². The van der Waals surface area contributed by atoms with Crippen molar-refractivity contribution in [3.05, 3.63) is 29.7 Å². The number of ether oxygens (including phenoxy) is 1. The molecule has 1 aromatic rings. The molecule has 0 atom stereocenters. The monoisotopic (exact) mass is 271 g/mol. The van der Waals surface area contributed by atoms with Crippen LogP contribution >= 0.6 is 11.6 Å². The first kappa shape index (κ1) is 14.8. The number of amides is 1. The molecule has 0 N–H and O–H groups in total. The molecule has 0 aliphatic rings. The van der Waals surface area contributed by atoms with Gasteiger partial charge in [-0.15, -0.1) is 11.6 Å². The Morgan fingerprint density at radius 3 is 2.67 bits per heavy atom. The highest BCUT2D eigenvalue weighted by Crippen LogP contribution is 2.24. The summed E-state index contributed by atoms with van der Waals surface area (Å²) in [5, 5.41) is 0. The lowest BCUT2D eigenvalue weighted by Crippen LogP contribution is -2.33. The number of carbonyl (C=O) groups excluding carboxylic acids is 1. The van der Waals surface area contributed by atoms with Gasteiger partial charge in [-0.05, 0) is 38.5 Å². The van der Waals surface area contributed by atoms with Crippen LogP contribution in [0.2, 0.25) is 0 Å². The Morgan fingerprint density at radius 2 is 2.22 bits per heavy atom. The van der Waals surface area contributed by atoms with E-state index in [1.807, 2.05) is 26.8 Å². The Labute approximate surface area is 112 Å². The minimum Gasteiger partial charge on any atom is -0.463 e. The Hall–Kier alpha value is -1.26. The van der Waals surface area contributed by atoms with Crippen LogP contribution in [0.25, 0.3) is 5.70 Å². The molecule has 0 saturated heterocycles. The Morgan fingerprint density at radius 1 is 1.50 bits per heavy atom. The van der Waals surface area contributed by atoms with Gasteiger partial charge in [0, 0.05) is 6.61 Å². The lowest BCUT2D eigenvalue weighted by atomic mass is 10.2. The van der Waals surface area contributed by atoms with Crippen molar-refractivity contribution in [1.29, 1.82) is 0 Å². The van der Waals surface area contributed by atoms with Crippen LogP contribution in [0.4, 0.5) is 0 Å². The number of rotatable bonds is 6. The molecule has 0 unspecified atom stereocenters. The zero-order chi connectivity index (χ0) is 13.5. The highest BCUT2D eigenvalue weighted by Gasteiger charge is 2.21. The van der Waals surface area contributed by atoms with Gasteiger partial charge in [-0.25, -0.2) is 0 Å². The summed E-state index contributed by atoms with van der Waals surface area (Å²) in [4.78, 5) is 13.4. The van der Waals surface area contributed by atoms with Gasteiger partial charge in [-0.3, -0.25) is 9.69 Å². The van der Waals surface area contributed by atoms with Crippen LogP contribution in [0.1, 0.15) is 26.5 Å². The number of alkyl halides is 1. The van der Waals surface area contributed by atoms with Crippen molar-refractivity contribution in [2.45, 2.75) is 20.8 Å². The van der Waals surface area contributed by atoms with Gasteiger partial charge in [0.05, 0.1) is 12.0 Å². The molecule has 0 fully saturated rings. The molecule has 0 radical (unpaired) electrons. The van der Waals surface area contributed by atoms with Crippen LogP contribution in [0.5, 0.6) is 0 Å². The fourth-order valence-electron chi connectivity index (χ4n) is 1.58. The number of allylic oxidation sites excluding steroid dienone is 1. The van der Waals surface area contributed by atoms with E-state index >= 15 is 0 Å². The number of carbonyl (C=O) groups is 1. The molecule has 18 heavy (non-hydrogen) atoms. The van der Waals surface area contributed by atoms with Gasteiger partial charge >= 0.3 is 0 Å². The summed E-state index contributed by atoms with van der Waals surface area (Å²) in [6, 6.07) is 3.59. The summed E-state index contributed by atoms with van der Waals surface area (Å²) in [5.74, 6) is 0.329. The van der Waals surface area contributed by atoms with Crippen LogP contribution in [0, 0.1) is 0 Å². The van der Waals surface area contributed by atoms with Crippen LogP contribution in [-0.2, 0) is 9.53 Å². The van der Waals surface area contributed by atoms with Crippen molar-refractivity contribution in [1.82, 2.24) is 4.90 Å². The zero-order valence-corrected chi connectivity index (χ0v) is 11.7. The standard InChI is InChI=1S/C13H18ClNO3/c1-4-17-9-15(12(16)8-14)13(10(2)3)11-6-5-7-18-11/h5-7H,4,8-9H2,1-3H3. The molecule has 1 rings (SSSR count). The molecule has 1 heterocycles. The molecule has 1 aromatic heterocycles. The van der Waals surface area contributed by atoms with E-state index in [0.717, 1.165) is 5.57 Å². The lowest BCUT2D eigenvalue weighted by Gasteiger charge is -2.24. The summed E-state index contributed by atoms with van der Waals surface area (Å²) in [6.45, 7) is 6.40. The molecule has 0 aliphatic heterocycles. The first-order chi connectivity index (χ1) is 8.61. The van der Waals surface area contributed by atoms with Crippen molar-refractivity contribution >= 4 is 23.2 Å². The summed E-state index contributed by atoms with van der Waals surface area (Å²) < 4.78 is 10.7. The van der Waals surface area contributed by atoms with Gasteiger partial charge in [0.1, 0.15) is 18.4 Å². The third kappa shape index (κ3) is 3.62. The van der Waals surface area contributed by atoms with E-state index in [-0.39, 0.29) is 18.5 Å². The third-order valence-electron chi connectivity index (χ3n) is 2.34. The molecule has 100 valence electrons. The number of nitrogens with zero attached hydrogens (tertiary/aromatic N) is 1. The minimum absolute atomic E-state index is 0.0927. The predicted molar refractivity (Wildman–Crippen MR) is 71.0 cm³/mol. The predicted octanol–water partition coefficient (Wildman–Crippen LogP) is 3.09. The maximum absolute atomic E-state index is 11.9. The number of hydrogen-bond donors (Lipinski definition) is 0. The van der Waals surface area contributed by atoms with Crippen molar-refractivity contribution in [3.8, 4) is 0 Å². The van der Waals surface area contributed by atoms with Gasteiger partial charge in [0.15, 0.2) is 0 Å². The van der Waals surface area contributed by atoms with E-state index in [1.54, 1.807) is 12.3 Å². The van der Waals surface area contributed by atoms with E-state index in [4.69, 9.17) is 20.8 Å². The quantitative estimate of drug-likeness (QED) is 0.590. The van der Waals surface area contributed by atoms with E-state index in [9.17, 15) is 4.79 Å². The van der Waals surface area contributed by atoms with E-state index < -0.39 is 0 Å². The Bertz CT molecular complexity index is 408. The molecular formula is C13H18ClNO3. The second kappa shape index (κ2) is 7.24. The van der Waals surface area contributed by atoms with Crippen molar-refractivity contribution in [2.75, 3.05) is 19.2 Å². The highest BCUT2D eigenvalue weighted by atomic mass is 35.5. The Kier molecular flexibility index (Phi) is 5.95. The van der Waals surface area contributed by atoms with Crippen LogP contribution < -0.4 is 0 Å². The van der Waals surface area contributed by atoms with Crippen molar-refractivity contribution in [2.24, 2.45) is 0 Å². The van der Waals surface area contributed by atoms with Crippen molar-refractivity contribution in [3.63, 3.8) is 0 Å². The smallest absolute Gasteiger partial charge is 0.243 e. The highest BCUT2D eigenvalue weighted by molar-refractivity contribution is 6.27. The molecule has 0 aromatic carbocycles. The van der Waals surface area contributed by atoms with E-state index in [2.05, 4.69) is 0 Å². The number of hydrogen-bond acceptors (Lipinski definition) is 3. The second-order valence-corrected chi connectivity index (χ2v) is 4.17. The number of furan rings is 1. The first-order valence-corrected chi connectivity index (χ1v) is 6.30. The second-order valence-electron chi connectivity index (χ2n) is 3.90. The fraction of sp³-hybridized carbons (Fsp3) is 0.462. The van der Waals surface area contributed by atoms with Crippen molar-refractivity contribution < 1.29 is 13.9 Å². The summed E-state index contributed by atoms with van der Waals surface area (Å²) in [6.07, 6.45) is 1.57. The zero-order valence-electron chi connectivity index (χ0n) is 10.9. The lowest BCUT2D eigenvalue weighted by molar-refractivity contribution is -0.129. The number of halogens is 1. The van der Waals surface area contributed by atoms with Gasteiger partial charge in [-0.1, -0.05) is 0 Å². The largest absolute Gasteiger partial charge is 0.463 e. The molecule has 0 saturated carbocycles. The summed E-state index contributed by atoms with van der Waals surface area (Å²) in [5.41, 5.74) is 1.67. The third-order valence-corrected chi connectivity index (χ3v) is 2.57. The minimum atomic E-state index is -0.210. The molecule has 0 bridgehead atoms. The molecule has 0 spiro atoms. The maximum Gasteiger partial charge on any atom is 0.243 e. The van der Waals surface area contributed by atoms with Crippen LogP contribution in [-0.4, -0.2) is 30.0 Å². The van der Waals surface area contributed by atoms with Gasteiger partial charge < -0.3 is 9.15 Å². The first-order valence-electron chi connectivity index (χ1n) is 5.77. The molecule has 1 amide bonds. The SMILES string of the molecule is CCOCN(C(=O)CCl)C(=C(C)C)c1ccco1. The Balaban J connectivity index is 3.07. The van der Waals surface area contributed by atoms with E-state index in [0.29, 0.717) is 18.1 Å². The fourth-order valence-corrected chi connectivity index (χ4v) is 1.72. The van der Waals surface area contributed by atoms with Gasteiger partial charge in [-0.2, -0.15) is 0 Å². The molecule has 4 nitrogen and oxygen atoms in total. The topological polar surface area (TPSA) is 42.7 Å². The van der Waals surface area contributed by atoms with Crippen LogP contribution in [0.3, 0.4) is 0 Å². The summed E-state index contributed by atoms with van der Waals surface area (Å²) in [7, 11) is 0. The molecule has 0 aliphatic carbocycles. The average molecular weight is 272 g/mol. The normalized spacial score (nSPS) is 10.2. The maximum atomic E-state index is 11.9. The molecule has 5 heteroatoms. The summed E-state index contributed by atoms with van der Waals surface area (Å²) >= 11 is 5.64. The average Bonchev–Trinajstić information content (AvgIpc) is 2.86. The van der Waals surface area contributed by atoms with Gasteiger partial charge in [0.25, 0.3) is 0 Å². The van der Waals surface area contributed by atoms with E-state index in [1.165, 1.54) is 4.90 Å².